The molecule has 0 unspecified atom stereocenters. The maximum atomic E-state index is 12.6. The highest BCUT2D eigenvalue weighted by Crippen LogP contribution is 2.22. The van der Waals surface area contributed by atoms with E-state index >= 15 is 0 Å². The van der Waals surface area contributed by atoms with Gasteiger partial charge in [-0.1, -0.05) is 35.6 Å². The lowest BCUT2D eigenvalue weighted by Crippen LogP contribution is -2.20. The number of nitro benzene ring substituents is 1. The number of benzene rings is 2. The standard InChI is InChI=1S/C18H17N3O4S/c1-12-6-5-9-15-16(12)20(10-11-25-2)18(26-15)19-17(22)13-7-3-4-8-14(13)21(23)24/h3-9H,10-11H2,1-2H3. The van der Waals surface area contributed by atoms with Crippen LogP contribution in [0.2, 0.25) is 0 Å². The largest absolute Gasteiger partial charge is 0.383 e. The molecule has 0 N–H and O–H groups in total. The normalized spacial score (nSPS) is 11.8. The van der Waals surface area contributed by atoms with E-state index in [4.69, 9.17) is 4.74 Å². The molecule has 1 heterocycles. The quantitative estimate of drug-likeness (QED) is 0.508. The van der Waals surface area contributed by atoms with Gasteiger partial charge in [0.15, 0.2) is 4.80 Å². The van der Waals surface area contributed by atoms with Crippen LogP contribution < -0.4 is 4.80 Å². The Balaban J connectivity index is 2.17. The number of nitro groups is 1. The Hall–Kier alpha value is -2.84. The third-order valence-electron chi connectivity index (χ3n) is 3.95. The molecule has 0 aliphatic rings. The highest BCUT2D eigenvalue weighted by atomic mass is 32.1. The summed E-state index contributed by atoms with van der Waals surface area (Å²) < 4.78 is 8.08. The van der Waals surface area contributed by atoms with Crippen LogP contribution in [-0.4, -0.2) is 29.1 Å². The summed E-state index contributed by atoms with van der Waals surface area (Å²) in [5, 5.41) is 11.2. The van der Waals surface area contributed by atoms with Crippen LogP contribution in [0.25, 0.3) is 10.2 Å². The smallest absolute Gasteiger partial charge is 0.286 e. The highest BCUT2D eigenvalue weighted by molar-refractivity contribution is 7.16. The lowest BCUT2D eigenvalue weighted by Gasteiger charge is -2.06. The molecular formula is C18H17N3O4S. The summed E-state index contributed by atoms with van der Waals surface area (Å²) in [4.78, 5) is 27.9. The molecule has 0 aliphatic carbocycles. The van der Waals surface area contributed by atoms with Crippen LogP contribution in [-0.2, 0) is 11.3 Å². The lowest BCUT2D eigenvalue weighted by atomic mass is 10.2. The Morgan fingerprint density at radius 3 is 2.77 bits per heavy atom. The molecule has 0 radical (unpaired) electrons. The van der Waals surface area contributed by atoms with E-state index in [0.29, 0.717) is 18.0 Å². The summed E-state index contributed by atoms with van der Waals surface area (Å²) >= 11 is 1.38. The van der Waals surface area contributed by atoms with Crippen LogP contribution in [0.3, 0.4) is 0 Å². The zero-order valence-corrected chi connectivity index (χ0v) is 15.2. The number of fused-ring (bicyclic) bond motifs is 1. The van der Waals surface area contributed by atoms with Crippen LogP contribution in [0, 0.1) is 17.0 Å². The number of ether oxygens (including phenoxy) is 1. The average Bonchev–Trinajstić information content (AvgIpc) is 2.98. The number of para-hydroxylation sites is 2. The first-order chi connectivity index (χ1) is 12.5. The highest BCUT2D eigenvalue weighted by Gasteiger charge is 2.19. The number of methoxy groups -OCH3 is 1. The monoisotopic (exact) mass is 371 g/mol. The van der Waals surface area contributed by atoms with Crippen molar-refractivity contribution in [3.8, 4) is 0 Å². The number of aryl methyl sites for hydroxylation is 1. The Morgan fingerprint density at radius 2 is 2.04 bits per heavy atom. The van der Waals surface area contributed by atoms with Gasteiger partial charge in [0.1, 0.15) is 5.56 Å². The summed E-state index contributed by atoms with van der Waals surface area (Å²) in [6, 6.07) is 11.7. The Bertz CT molecular complexity index is 1050. The van der Waals surface area contributed by atoms with Gasteiger partial charge in [0.05, 0.1) is 21.7 Å². The first kappa shape index (κ1) is 18.0. The zero-order chi connectivity index (χ0) is 18.7. The van der Waals surface area contributed by atoms with E-state index in [-0.39, 0.29) is 11.3 Å². The van der Waals surface area contributed by atoms with E-state index < -0.39 is 10.8 Å². The van der Waals surface area contributed by atoms with Crippen molar-refractivity contribution in [2.24, 2.45) is 4.99 Å². The minimum atomic E-state index is -0.632. The first-order valence-corrected chi connectivity index (χ1v) is 8.75. The fraction of sp³-hybridized carbons (Fsp3) is 0.222. The molecule has 8 heteroatoms. The van der Waals surface area contributed by atoms with Crippen molar-refractivity contribution >= 4 is 33.1 Å². The van der Waals surface area contributed by atoms with Crippen LogP contribution in [0.4, 0.5) is 5.69 Å². The number of carbonyl (C=O) groups excluding carboxylic acids is 1. The van der Waals surface area contributed by atoms with Crippen LogP contribution >= 0.6 is 11.3 Å². The first-order valence-electron chi connectivity index (χ1n) is 7.93. The van der Waals surface area contributed by atoms with Gasteiger partial charge in [-0.2, -0.15) is 4.99 Å². The molecule has 1 aromatic heterocycles. The number of rotatable bonds is 5. The molecule has 3 aromatic rings. The zero-order valence-electron chi connectivity index (χ0n) is 14.3. The fourth-order valence-corrected chi connectivity index (χ4v) is 3.88. The SMILES string of the molecule is COCCn1c(=NC(=O)c2ccccc2[N+](=O)[O-])sc2cccc(C)c21. The van der Waals surface area contributed by atoms with Crippen molar-refractivity contribution < 1.29 is 14.5 Å². The Morgan fingerprint density at radius 1 is 1.27 bits per heavy atom. The van der Waals surface area contributed by atoms with Gasteiger partial charge in [-0.3, -0.25) is 14.9 Å². The van der Waals surface area contributed by atoms with Crippen LogP contribution in [0.5, 0.6) is 0 Å². The van der Waals surface area contributed by atoms with Gasteiger partial charge in [-0.15, -0.1) is 0 Å². The number of hydrogen-bond donors (Lipinski definition) is 0. The summed E-state index contributed by atoms with van der Waals surface area (Å²) in [6.45, 7) is 2.99. The maximum Gasteiger partial charge on any atom is 0.286 e. The number of thiazole rings is 1. The van der Waals surface area contributed by atoms with Gasteiger partial charge < -0.3 is 9.30 Å². The molecule has 0 saturated carbocycles. The third kappa shape index (κ3) is 3.42. The van der Waals surface area contributed by atoms with Crippen molar-refractivity contribution in [2.45, 2.75) is 13.5 Å². The van der Waals surface area contributed by atoms with Crippen LogP contribution in [0.15, 0.2) is 47.5 Å². The lowest BCUT2D eigenvalue weighted by molar-refractivity contribution is -0.385. The molecule has 1 amide bonds. The predicted octanol–water partition coefficient (Wildman–Crippen LogP) is 3.31. The van der Waals surface area contributed by atoms with E-state index in [1.807, 2.05) is 29.7 Å². The molecule has 134 valence electrons. The predicted molar refractivity (Wildman–Crippen MR) is 99.4 cm³/mol. The van der Waals surface area contributed by atoms with Gasteiger partial charge in [-0.05, 0) is 24.6 Å². The minimum absolute atomic E-state index is 0.0232. The van der Waals surface area contributed by atoms with Crippen molar-refractivity contribution in [1.82, 2.24) is 4.57 Å². The topological polar surface area (TPSA) is 86.7 Å². The maximum absolute atomic E-state index is 12.6. The fourth-order valence-electron chi connectivity index (χ4n) is 2.74. The summed E-state index contributed by atoms with van der Waals surface area (Å²) in [7, 11) is 1.61. The van der Waals surface area contributed by atoms with Gasteiger partial charge in [0.2, 0.25) is 0 Å². The van der Waals surface area contributed by atoms with Gasteiger partial charge in [0, 0.05) is 19.7 Å². The summed E-state index contributed by atoms with van der Waals surface area (Å²) in [6.07, 6.45) is 0. The van der Waals surface area contributed by atoms with Crippen molar-refractivity contribution in [3.05, 3.63) is 68.5 Å². The van der Waals surface area contributed by atoms with Gasteiger partial charge >= 0.3 is 0 Å². The molecule has 3 rings (SSSR count). The number of amides is 1. The van der Waals surface area contributed by atoms with E-state index in [1.54, 1.807) is 13.2 Å². The number of carbonyl (C=O) groups is 1. The molecule has 0 fully saturated rings. The van der Waals surface area contributed by atoms with Gasteiger partial charge in [0.25, 0.3) is 11.6 Å². The molecule has 0 spiro atoms. The Kier molecular flexibility index (Phi) is 5.24. The van der Waals surface area contributed by atoms with Crippen molar-refractivity contribution in [2.75, 3.05) is 13.7 Å². The Labute approximate surface area is 153 Å². The molecular weight excluding hydrogens is 354 g/mol. The number of hydrogen-bond acceptors (Lipinski definition) is 5. The van der Waals surface area contributed by atoms with E-state index in [9.17, 15) is 14.9 Å². The van der Waals surface area contributed by atoms with Gasteiger partial charge in [-0.25, -0.2) is 0 Å². The molecule has 0 aliphatic heterocycles. The second kappa shape index (κ2) is 7.59. The number of nitrogens with zero attached hydrogens (tertiary/aromatic N) is 3. The number of aromatic nitrogens is 1. The van der Waals surface area contributed by atoms with Crippen molar-refractivity contribution in [1.29, 1.82) is 0 Å². The summed E-state index contributed by atoms with van der Waals surface area (Å²) in [5.41, 5.74) is 1.78. The minimum Gasteiger partial charge on any atom is -0.383 e. The molecule has 26 heavy (non-hydrogen) atoms. The molecule has 7 nitrogen and oxygen atoms in total. The average molecular weight is 371 g/mol. The summed E-state index contributed by atoms with van der Waals surface area (Å²) in [5.74, 6) is -0.632. The van der Waals surface area contributed by atoms with E-state index in [0.717, 1.165) is 15.8 Å². The molecule has 0 atom stereocenters. The second-order valence-electron chi connectivity index (χ2n) is 5.64. The second-order valence-corrected chi connectivity index (χ2v) is 6.65. The van der Waals surface area contributed by atoms with E-state index in [1.165, 1.54) is 29.5 Å². The molecule has 0 saturated heterocycles. The molecule has 2 aromatic carbocycles. The van der Waals surface area contributed by atoms with E-state index in [2.05, 4.69) is 4.99 Å². The van der Waals surface area contributed by atoms with Crippen LogP contribution in [0.1, 0.15) is 15.9 Å². The molecule has 0 bridgehead atoms. The van der Waals surface area contributed by atoms with Crippen molar-refractivity contribution in [3.63, 3.8) is 0 Å². The third-order valence-corrected chi connectivity index (χ3v) is 4.99.